The first-order valence-electron chi connectivity index (χ1n) is 12.6. The van der Waals surface area contributed by atoms with Crippen LogP contribution in [0.2, 0.25) is 0 Å². The Balaban J connectivity index is 1.09. The molecule has 0 saturated carbocycles. The van der Waals surface area contributed by atoms with Gasteiger partial charge in [0.1, 0.15) is 19.0 Å². The Kier molecular flexibility index (Phi) is 6.08. The van der Waals surface area contributed by atoms with Gasteiger partial charge in [-0.25, -0.2) is 0 Å². The van der Waals surface area contributed by atoms with E-state index in [-0.39, 0.29) is 5.56 Å². The summed E-state index contributed by atoms with van der Waals surface area (Å²) in [7, 11) is 1.72. The Morgan fingerprint density at radius 3 is 2.69 bits per heavy atom. The van der Waals surface area contributed by atoms with Crippen molar-refractivity contribution >= 4 is 10.9 Å². The molecule has 0 bridgehead atoms. The van der Waals surface area contributed by atoms with Crippen LogP contribution in [-0.2, 0) is 13.1 Å². The summed E-state index contributed by atoms with van der Waals surface area (Å²) >= 11 is 0. The number of benzene rings is 1. The molecule has 3 aromatic rings. The molecule has 5 heterocycles. The van der Waals surface area contributed by atoms with E-state index in [0.717, 1.165) is 85.8 Å². The molecule has 1 fully saturated rings. The Morgan fingerprint density at radius 1 is 1.06 bits per heavy atom. The van der Waals surface area contributed by atoms with Gasteiger partial charge in [-0.3, -0.25) is 9.78 Å². The summed E-state index contributed by atoms with van der Waals surface area (Å²) < 4.78 is 18.9. The van der Waals surface area contributed by atoms with Crippen molar-refractivity contribution in [2.24, 2.45) is 0 Å². The van der Waals surface area contributed by atoms with E-state index in [2.05, 4.69) is 21.3 Å². The molecule has 1 saturated heterocycles. The van der Waals surface area contributed by atoms with Crippen molar-refractivity contribution in [3.05, 3.63) is 58.1 Å². The topological polar surface area (TPSA) is 77.9 Å². The van der Waals surface area contributed by atoms with Crippen LogP contribution in [0.3, 0.4) is 0 Å². The maximum Gasteiger partial charge on any atom is 0.251 e. The molecule has 3 aliphatic rings. The van der Waals surface area contributed by atoms with Crippen molar-refractivity contribution in [1.82, 2.24) is 19.8 Å². The smallest absolute Gasteiger partial charge is 0.251 e. The maximum absolute atomic E-state index is 12.5. The number of hydrogen-bond acceptors (Lipinski definition) is 7. The summed E-state index contributed by atoms with van der Waals surface area (Å²) in [5.41, 5.74) is 3.30. The summed E-state index contributed by atoms with van der Waals surface area (Å²) in [5, 5.41) is 4.79. The monoisotopic (exact) mass is 476 g/mol. The van der Waals surface area contributed by atoms with Crippen molar-refractivity contribution in [2.45, 2.75) is 44.3 Å². The highest BCUT2D eigenvalue weighted by molar-refractivity contribution is 5.85. The molecule has 6 rings (SSSR count). The number of nitrogens with one attached hydrogen (secondary N) is 1. The lowest BCUT2D eigenvalue weighted by molar-refractivity contribution is 0.170. The second-order valence-electron chi connectivity index (χ2n) is 9.70. The normalized spacial score (nSPS) is 20.2. The van der Waals surface area contributed by atoms with Gasteiger partial charge in [-0.2, -0.15) is 0 Å². The van der Waals surface area contributed by atoms with Gasteiger partial charge in [0.2, 0.25) is 0 Å². The van der Waals surface area contributed by atoms with E-state index < -0.39 is 0 Å². The van der Waals surface area contributed by atoms with Crippen molar-refractivity contribution in [3.8, 4) is 17.2 Å². The van der Waals surface area contributed by atoms with Gasteiger partial charge in [-0.1, -0.05) is 0 Å². The Hall–Kier alpha value is -3.10. The molecule has 0 aliphatic carbocycles. The molecule has 1 atom stereocenters. The predicted molar refractivity (Wildman–Crippen MR) is 134 cm³/mol. The van der Waals surface area contributed by atoms with Gasteiger partial charge in [0.15, 0.2) is 11.5 Å². The lowest BCUT2D eigenvalue weighted by Gasteiger charge is -2.36. The van der Waals surface area contributed by atoms with E-state index in [1.54, 1.807) is 19.4 Å². The quantitative estimate of drug-likeness (QED) is 0.586. The van der Waals surface area contributed by atoms with E-state index in [4.69, 9.17) is 14.2 Å². The standard InChI is InChI=1S/C27H32N4O4/c1-33-22-4-2-18-3-5-25(32)31-11-6-19(26(22)27(18)31)17-30-9-7-20(8-10-30)28-15-21-14-23-24(16-29-21)35-13-12-34-23/h2-5,14,16,19-20,28H,6-13,15,17H2,1H3. The number of likely N-dealkylation sites (tertiary alicyclic amines) is 1. The van der Waals surface area contributed by atoms with E-state index in [1.165, 1.54) is 5.56 Å². The SMILES string of the molecule is COc1ccc2ccc(=O)n3c2c1C(CN1CCC(NCc2cc4c(cn2)OCCO4)CC1)CC3. The number of aromatic nitrogens is 2. The van der Waals surface area contributed by atoms with Crippen LogP contribution in [0, 0.1) is 0 Å². The first kappa shape index (κ1) is 22.4. The van der Waals surface area contributed by atoms with Crippen molar-refractivity contribution in [2.75, 3.05) is 40.0 Å². The predicted octanol–water partition coefficient (Wildman–Crippen LogP) is 2.92. The molecule has 8 nitrogen and oxygen atoms in total. The van der Waals surface area contributed by atoms with Crippen LogP contribution in [0.25, 0.3) is 10.9 Å². The molecule has 184 valence electrons. The van der Waals surface area contributed by atoms with Crippen LogP contribution in [0.4, 0.5) is 0 Å². The third kappa shape index (κ3) is 4.36. The summed E-state index contributed by atoms with van der Waals surface area (Å²) in [6, 6.07) is 10.2. The van der Waals surface area contributed by atoms with E-state index in [1.807, 2.05) is 22.8 Å². The van der Waals surface area contributed by atoms with Gasteiger partial charge in [-0.05, 0) is 55.9 Å². The number of fused-ring (bicyclic) bond motifs is 1. The van der Waals surface area contributed by atoms with Crippen LogP contribution >= 0.6 is 0 Å². The van der Waals surface area contributed by atoms with Crippen LogP contribution < -0.4 is 25.1 Å². The zero-order valence-electron chi connectivity index (χ0n) is 20.2. The number of nitrogens with zero attached hydrogens (tertiary/aromatic N) is 3. The molecular weight excluding hydrogens is 444 g/mol. The first-order valence-corrected chi connectivity index (χ1v) is 12.6. The van der Waals surface area contributed by atoms with E-state index in [9.17, 15) is 4.79 Å². The molecule has 2 aromatic heterocycles. The second kappa shape index (κ2) is 9.51. The number of piperidine rings is 1. The highest BCUT2D eigenvalue weighted by atomic mass is 16.6. The lowest BCUT2D eigenvalue weighted by atomic mass is 9.88. The van der Waals surface area contributed by atoms with Gasteiger partial charge in [-0.15, -0.1) is 0 Å². The Morgan fingerprint density at radius 2 is 1.86 bits per heavy atom. The average molecular weight is 477 g/mol. The molecule has 1 unspecified atom stereocenters. The molecule has 8 heteroatoms. The van der Waals surface area contributed by atoms with Crippen LogP contribution in [0.15, 0.2) is 41.3 Å². The molecule has 0 spiro atoms. The molecule has 1 N–H and O–H groups in total. The van der Waals surface area contributed by atoms with Crippen LogP contribution in [0.5, 0.6) is 17.2 Å². The number of methoxy groups -OCH3 is 1. The fraction of sp³-hybridized carbons (Fsp3) is 0.481. The highest BCUT2D eigenvalue weighted by Gasteiger charge is 2.29. The average Bonchev–Trinajstić information content (AvgIpc) is 2.91. The molecular formula is C27H32N4O4. The highest BCUT2D eigenvalue weighted by Crippen LogP contribution is 2.39. The lowest BCUT2D eigenvalue weighted by Crippen LogP contribution is -2.44. The summed E-state index contributed by atoms with van der Waals surface area (Å²) in [5.74, 6) is 2.78. The van der Waals surface area contributed by atoms with Crippen LogP contribution in [-0.4, -0.2) is 60.5 Å². The third-order valence-corrected chi connectivity index (χ3v) is 7.60. The number of ether oxygens (including phenoxy) is 3. The maximum atomic E-state index is 12.5. The minimum absolute atomic E-state index is 0.0739. The third-order valence-electron chi connectivity index (χ3n) is 7.60. The Bertz CT molecular complexity index is 1280. The van der Waals surface area contributed by atoms with Crippen LogP contribution in [0.1, 0.15) is 36.4 Å². The fourth-order valence-electron chi connectivity index (χ4n) is 5.78. The largest absolute Gasteiger partial charge is 0.496 e. The molecule has 0 amide bonds. The van der Waals surface area contributed by atoms with Crippen molar-refractivity contribution < 1.29 is 14.2 Å². The van der Waals surface area contributed by atoms with Gasteiger partial charge in [0, 0.05) is 49.3 Å². The van der Waals surface area contributed by atoms with E-state index >= 15 is 0 Å². The number of rotatable bonds is 6. The zero-order chi connectivity index (χ0) is 23.8. The van der Waals surface area contributed by atoms with Crippen molar-refractivity contribution in [3.63, 3.8) is 0 Å². The Labute approximate surface area is 204 Å². The number of aryl methyl sites for hydroxylation is 1. The minimum Gasteiger partial charge on any atom is -0.496 e. The molecule has 1 aromatic carbocycles. The first-order chi connectivity index (χ1) is 17.2. The van der Waals surface area contributed by atoms with Gasteiger partial charge in [0.05, 0.1) is 24.5 Å². The summed E-state index contributed by atoms with van der Waals surface area (Å²) in [6.45, 7) is 5.78. The number of pyridine rings is 2. The minimum atomic E-state index is 0.0739. The van der Waals surface area contributed by atoms with Crippen molar-refractivity contribution in [1.29, 1.82) is 0 Å². The van der Waals surface area contributed by atoms with Gasteiger partial charge < -0.3 is 29.0 Å². The van der Waals surface area contributed by atoms with Gasteiger partial charge in [0.25, 0.3) is 5.56 Å². The fourth-order valence-corrected chi connectivity index (χ4v) is 5.78. The summed E-state index contributed by atoms with van der Waals surface area (Å²) in [4.78, 5) is 19.6. The number of hydrogen-bond donors (Lipinski definition) is 1. The second-order valence-corrected chi connectivity index (χ2v) is 9.70. The summed E-state index contributed by atoms with van der Waals surface area (Å²) in [6.07, 6.45) is 4.93. The van der Waals surface area contributed by atoms with Gasteiger partial charge >= 0.3 is 0 Å². The molecule has 35 heavy (non-hydrogen) atoms. The molecule has 3 aliphatic heterocycles. The molecule has 0 radical (unpaired) electrons. The van der Waals surface area contributed by atoms with E-state index in [0.29, 0.717) is 25.2 Å². The zero-order valence-corrected chi connectivity index (χ0v) is 20.2.